The number of likely N-dealkylation sites (tertiary alicyclic amines) is 2. The molecule has 2 rings (SSSR count). The molecular formula is C12H24N2. The molecule has 14 heavy (non-hydrogen) atoms. The number of rotatable bonds is 2. The van der Waals surface area contributed by atoms with Gasteiger partial charge >= 0.3 is 0 Å². The van der Waals surface area contributed by atoms with E-state index in [2.05, 4.69) is 16.8 Å². The third-order valence-electron chi connectivity index (χ3n) is 3.84. The van der Waals surface area contributed by atoms with Crippen LogP contribution in [0.2, 0.25) is 0 Å². The fourth-order valence-corrected chi connectivity index (χ4v) is 2.81. The summed E-state index contributed by atoms with van der Waals surface area (Å²) in [6.07, 6.45) is 8.59. The minimum Gasteiger partial charge on any atom is -0.302 e. The Hall–Kier alpha value is -0.0800. The van der Waals surface area contributed by atoms with Crippen molar-refractivity contribution in [1.82, 2.24) is 9.80 Å². The molecule has 0 N–H and O–H groups in total. The molecular weight excluding hydrogens is 172 g/mol. The molecule has 0 radical (unpaired) electrons. The number of hydrogen-bond acceptors (Lipinski definition) is 2. The largest absolute Gasteiger partial charge is 0.302 e. The van der Waals surface area contributed by atoms with E-state index < -0.39 is 0 Å². The van der Waals surface area contributed by atoms with Crippen LogP contribution in [0.1, 0.15) is 38.5 Å². The molecule has 2 nitrogen and oxygen atoms in total. The predicted molar refractivity (Wildman–Crippen MR) is 60.6 cm³/mol. The van der Waals surface area contributed by atoms with Gasteiger partial charge in [0.1, 0.15) is 0 Å². The van der Waals surface area contributed by atoms with Gasteiger partial charge in [0.15, 0.2) is 0 Å². The average Bonchev–Trinajstić information content (AvgIpc) is 2.23. The maximum atomic E-state index is 2.68. The molecule has 2 heterocycles. The molecule has 0 aliphatic carbocycles. The van der Waals surface area contributed by atoms with Crippen molar-refractivity contribution in [2.45, 2.75) is 44.6 Å². The quantitative estimate of drug-likeness (QED) is 0.666. The second-order valence-corrected chi connectivity index (χ2v) is 4.99. The van der Waals surface area contributed by atoms with Crippen LogP contribution in [0, 0.1) is 0 Å². The predicted octanol–water partition coefficient (Wildman–Crippen LogP) is 1.96. The van der Waals surface area contributed by atoms with Crippen molar-refractivity contribution < 1.29 is 0 Å². The highest BCUT2D eigenvalue weighted by Gasteiger charge is 2.22. The summed E-state index contributed by atoms with van der Waals surface area (Å²) in [5.74, 6) is 0. The van der Waals surface area contributed by atoms with Crippen molar-refractivity contribution in [3.05, 3.63) is 0 Å². The lowest BCUT2D eigenvalue weighted by molar-refractivity contribution is 0.117. The summed E-state index contributed by atoms with van der Waals surface area (Å²) in [7, 11) is 2.30. The summed E-state index contributed by atoms with van der Waals surface area (Å²) < 4.78 is 0. The molecule has 1 unspecified atom stereocenters. The molecule has 0 amide bonds. The molecule has 2 aliphatic rings. The molecule has 0 bridgehead atoms. The summed E-state index contributed by atoms with van der Waals surface area (Å²) >= 11 is 0. The molecule has 0 aromatic heterocycles. The van der Waals surface area contributed by atoms with E-state index in [1.807, 2.05) is 0 Å². The highest BCUT2D eigenvalue weighted by Crippen LogP contribution is 2.18. The van der Waals surface area contributed by atoms with Crippen molar-refractivity contribution >= 4 is 0 Å². The Morgan fingerprint density at radius 3 is 2.36 bits per heavy atom. The fourth-order valence-electron chi connectivity index (χ4n) is 2.81. The van der Waals surface area contributed by atoms with E-state index in [9.17, 15) is 0 Å². The first kappa shape index (κ1) is 10.4. The first-order valence-corrected chi connectivity index (χ1v) is 6.29. The van der Waals surface area contributed by atoms with Gasteiger partial charge in [-0.25, -0.2) is 0 Å². The van der Waals surface area contributed by atoms with Crippen LogP contribution < -0.4 is 0 Å². The van der Waals surface area contributed by atoms with Gasteiger partial charge in [-0.3, -0.25) is 0 Å². The van der Waals surface area contributed by atoms with E-state index in [0.717, 1.165) is 6.04 Å². The summed E-state index contributed by atoms with van der Waals surface area (Å²) in [5.41, 5.74) is 0. The van der Waals surface area contributed by atoms with E-state index in [-0.39, 0.29) is 0 Å². The zero-order chi connectivity index (χ0) is 9.80. The van der Waals surface area contributed by atoms with Gasteiger partial charge < -0.3 is 9.80 Å². The van der Waals surface area contributed by atoms with E-state index >= 15 is 0 Å². The van der Waals surface area contributed by atoms with Gasteiger partial charge in [-0.2, -0.15) is 0 Å². The first-order chi connectivity index (χ1) is 6.86. The van der Waals surface area contributed by atoms with Crippen molar-refractivity contribution in [3.63, 3.8) is 0 Å². The second kappa shape index (κ2) is 5.13. The lowest BCUT2D eigenvalue weighted by Gasteiger charge is -2.37. The third kappa shape index (κ3) is 2.71. The number of likely N-dealkylation sites (N-methyl/N-ethyl adjacent to an activating group) is 1. The van der Waals surface area contributed by atoms with Crippen LogP contribution in [0.5, 0.6) is 0 Å². The monoisotopic (exact) mass is 196 g/mol. The first-order valence-electron chi connectivity index (χ1n) is 6.29. The van der Waals surface area contributed by atoms with Gasteiger partial charge in [0, 0.05) is 12.6 Å². The second-order valence-electron chi connectivity index (χ2n) is 4.99. The Morgan fingerprint density at radius 2 is 1.64 bits per heavy atom. The van der Waals surface area contributed by atoms with Crippen molar-refractivity contribution in [2.75, 3.05) is 33.2 Å². The zero-order valence-corrected chi connectivity index (χ0v) is 9.54. The Bertz CT molecular complexity index is 164. The van der Waals surface area contributed by atoms with Crippen molar-refractivity contribution in [2.24, 2.45) is 0 Å². The highest BCUT2D eigenvalue weighted by atomic mass is 15.2. The van der Waals surface area contributed by atoms with Crippen molar-refractivity contribution in [1.29, 1.82) is 0 Å². The number of hydrogen-bond donors (Lipinski definition) is 0. The molecule has 2 heteroatoms. The smallest absolute Gasteiger partial charge is 0.0220 e. The maximum absolute atomic E-state index is 2.68. The third-order valence-corrected chi connectivity index (χ3v) is 3.84. The molecule has 0 spiro atoms. The Balaban J connectivity index is 1.76. The maximum Gasteiger partial charge on any atom is 0.0220 e. The molecule has 2 fully saturated rings. The van der Waals surface area contributed by atoms with Gasteiger partial charge in [-0.05, 0) is 52.4 Å². The van der Waals surface area contributed by atoms with Gasteiger partial charge in [-0.15, -0.1) is 0 Å². The van der Waals surface area contributed by atoms with E-state index in [1.165, 1.54) is 64.7 Å². The van der Waals surface area contributed by atoms with Gasteiger partial charge in [0.05, 0.1) is 0 Å². The fraction of sp³-hybridized carbons (Fsp3) is 1.00. The number of piperidine rings is 2. The lowest BCUT2D eigenvalue weighted by Crippen LogP contribution is -2.46. The van der Waals surface area contributed by atoms with Crippen LogP contribution in [0.25, 0.3) is 0 Å². The van der Waals surface area contributed by atoms with Gasteiger partial charge in [-0.1, -0.05) is 12.8 Å². The summed E-state index contributed by atoms with van der Waals surface area (Å²) in [6.45, 7) is 5.35. The summed E-state index contributed by atoms with van der Waals surface area (Å²) in [6, 6.07) is 0.849. The topological polar surface area (TPSA) is 6.48 Å². The Labute approximate surface area is 88.3 Å². The molecule has 0 saturated carbocycles. The minimum atomic E-state index is 0.849. The van der Waals surface area contributed by atoms with Crippen LogP contribution in [-0.4, -0.2) is 49.1 Å². The standard InChI is InChI=1S/C12H24N2/c1-13-8-6-3-7-12(13)11-14-9-4-2-5-10-14/h12H,2-11H2,1H3. The van der Waals surface area contributed by atoms with E-state index in [1.54, 1.807) is 0 Å². The summed E-state index contributed by atoms with van der Waals surface area (Å²) in [5, 5.41) is 0. The molecule has 0 aromatic carbocycles. The molecule has 1 atom stereocenters. The number of nitrogens with zero attached hydrogens (tertiary/aromatic N) is 2. The molecule has 0 aromatic rings. The minimum absolute atomic E-state index is 0.849. The van der Waals surface area contributed by atoms with E-state index in [0.29, 0.717) is 0 Å². The SMILES string of the molecule is CN1CCCCC1CN1CCCCC1. The normalized spacial score (nSPS) is 31.9. The Morgan fingerprint density at radius 1 is 0.929 bits per heavy atom. The summed E-state index contributed by atoms with van der Waals surface area (Å²) in [4.78, 5) is 5.24. The molecule has 82 valence electrons. The molecule has 2 saturated heterocycles. The van der Waals surface area contributed by atoms with Crippen LogP contribution in [0.3, 0.4) is 0 Å². The highest BCUT2D eigenvalue weighted by molar-refractivity contribution is 4.78. The lowest BCUT2D eigenvalue weighted by atomic mass is 10.0. The van der Waals surface area contributed by atoms with Crippen LogP contribution in [0.4, 0.5) is 0 Å². The Kier molecular flexibility index (Phi) is 3.82. The van der Waals surface area contributed by atoms with Gasteiger partial charge in [0.2, 0.25) is 0 Å². The van der Waals surface area contributed by atoms with Crippen LogP contribution in [0.15, 0.2) is 0 Å². The zero-order valence-electron chi connectivity index (χ0n) is 9.54. The van der Waals surface area contributed by atoms with Gasteiger partial charge in [0.25, 0.3) is 0 Å². The average molecular weight is 196 g/mol. The molecule has 2 aliphatic heterocycles. The van der Waals surface area contributed by atoms with Crippen LogP contribution in [-0.2, 0) is 0 Å². The van der Waals surface area contributed by atoms with Crippen LogP contribution >= 0.6 is 0 Å². The van der Waals surface area contributed by atoms with Crippen molar-refractivity contribution in [3.8, 4) is 0 Å². The van der Waals surface area contributed by atoms with E-state index in [4.69, 9.17) is 0 Å².